The van der Waals surface area contributed by atoms with Crippen LogP contribution in [0, 0.1) is 13.8 Å². The molecule has 0 spiro atoms. The van der Waals surface area contributed by atoms with Gasteiger partial charge in [-0.3, -0.25) is 14.0 Å². The molecular weight excluding hydrogens is 286 g/mol. The van der Waals surface area contributed by atoms with Gasteiger partial charge in [0.05, 0.1) is 5.69 Å². The van der Waals surface area contributed by atoms with Crippen LogP contribution in [0.3, 0.4) is 0 Å². The van der Waals surface area contributed by atoms with Gasteiger partial charge in [0.2, 0.25) is 0 Å². The summed E-state index contributed by atoms with van der Waals surface area (Å²) < 4.78 is 1.47. The first kappa shape index (κ1) is 13.5. The van der Waals surface area contributed by atoms with Crippen molar-refractivity contribution in [1.82, 2.24) is 9.38 Å². The zero-order chi connectivity index (χ0) is 15.0. The Bertz CT molecular complexity index is 881. The third-order valence-corrected chi connectivity index (χ3v) is 4.00. The van der Waals surface area contributed by atoms with E-state index in [1.54, 1.807) is 37.4 Å². The smallest absolute Gasteiger partial charge is 0.282 e. The number of amides is 1. The second-order valence-electron chi connectivity index (χ2n) is 4.69. The summed E-state index contributed by atoms with van der Waals surface area (Å²) in [5.41, 5.74) is 0.985. The van der Waals surface area contributed by atoms with Gasteiger partial charge in [-0.25, -0.2) is 4.98 Å². The molecule has 0 radical (unpaired) electrons. The maximum atomic E-state index is 12.4. The van der Waals surface area contributed by atoms with Crippen molar-refractivity contribution in [2.75, 3.05) is 5.32 Å². The van der Waals surface area contributed by atoms with Gasteiger partial charge in [0, 0.05) is 16.6 Å². The van der Waals surface area contributed by atoms with Gasteiger partial charge in [0.25, 0.3) is 11.5 Å². The molecule has 2 aromatic heterocycles. The summed E-state index contributed by atoms with van der Waals surface area (Å²) in [6.45, 7) is 3.63. The standard InChI is InChI=1S/C15H13N3O2S/c1-9-8-18-14(20)12(10(2)16-15(18)21-9)17-13(19)11-6-4-3-5-7-11/h3-8H,1-2H3,(H,17,19). The molecule has 0 saturated heterocycles. The lowest BCUT2D eigenvalue weighted by molar-refractivity contribution is 0.102. The predicted octanol–water partition coefficient (Wildman–Crippen LogP) is 2.63. The topological polar surface area (TPSA) is 63.5 Å². The first-order chi connectivity index (χ1) is 10.1. The van der Waals surface area contributed by atoms with E-state index in [2.05, 4.69) is 10.3 Å². The van der Waals surface area contributed by atoms with Crippen LogP contribution in [-0.4, -0.2) is 15.3 Å². The fourth-order valence-electron chi connectivity index (χ4n) is 2.07. The fraction of sp³-hybridized carbons (Fsp3) is 0.133. The molecule has 0 atom stereocenters. The molecule has 21 heavy (non-hydrogen) atoms. The van der Waals surface area contributed by atoms with Gasteiger partial charge in [0.15, 0.2) is 4.96 Å². The molecule has 1 N–H and O–H groups in total. The molecule has 6 heteroatoms. The molecule has 0 fully saturated rings. The van der Waals surface area contributed by atoms with Gasteiger partial charge in [-0.15, -0.1) is 11.3 Å². The number of fused-ring (bicyclic) bond motifs is 1. The molecule has 3 rings (SSSR count). The second-order valence-corrected chi connectivity index (χ2v) is 5.91. The van der Waals surface area contributed by atoms with Crippen molar-refractivity contribution in [3.8, 4) is 0 Å². The molecule has 3 aromatic rings. The number of nitrogens with zero attached hydrogens (tertiary/aromatic N) is 2. The van der Waals surface area contributed by atoms with E-state index in [-0.39, 0.29) is 17.2 Å². The Labute approximate surface area is 124 Å². The van der Waals surface area contributed by atoms with E-state index in [4.69, 9.17) is 0 Å². The Kier molecular flexibility index (Phi) is 3.31. The van der Waals surface area contributed by atoms with Gasteiger partial charge in [-0.2, -0.15) is 0 Å². The average molecular weight is 299 g/mol. The molecule has 1 aromatic carbocycles. The van der Waals surface area contributed by atoms with Crippen LogP contribution in [0.1, 0.15) is 20.9 Å². The molecule has 106 valence electrons. The monoisotopic (exact) mass is 299 g/mol. The van der Waals surface area contributed by atoms with Crippen molar-refractivity contribution in [2.24, 2.45) is 0 Å². The predicted molar refractivity (Wildman–Crippen MR) is 83.2 cm³/mol. The fourth-order valence-corrected chi connectivity index (χ4v) is 2.94. The van der Waals surface area contributed by atoms with Crippen LogP contribution in [-0.2, 0) is 0 Å². The highest BCUT2D eigenvalue weighted by Crippen LogP contribution is 2.17. The molecule has 0 aliphatic rings. The van der Waals surface area contributed by atoms with Crippen molar-refractivity contribution in [3.05, 3.63) is 63.0 Å². The van der Waals surface area contributed by atoms with Gasteiger partial charge < -0.3 is 5.32 Å². The van der Waals surface area contributed by atoms with Crippen molar-refractivity contribution in [1.29, 1.82) is 0 Å². The highest BCUT2D eigenvalue weighted by atomic mass is 32.1. The molecule has 0 aliphatic carbocycles. The zero-order valence-corrected chi connectivity index (χ0v) is 12.4. The lowest BCUT2D eigenvalue weighted by Gasteiger charge is -2.07. The summed E-state index contributed by atoms with van der Waals surface area (Å²) in [5.74, 6) is -0.315. The highest BCUT2D eigenvalue weighted by Gasteiger charge is 2.14. The Morgan fingerprint density at radius 3 is 2.67 bits per heavy atom. The van der Waals surface area contributed by atoms with E-state index in [0.717, 1.165) is 4.88 Å². The van der Waals surface area contributed by atoms with Crippen LogP contribution in [0.4, 0.5) is 5.69 Å². The van der Waals surface area contributed by atoms with E-state index in [9.17, 15) is 9.59 Å². The quantitative estimate of drug-likeness (QED) is 0.791. The minimum Gasteiger partial charge on any atom is -0.316 e. The molecule has 0 unspecified atom stereocenters. The van der Waals surface area contributed by atoms with Crippen molar-refractivity contribution < 1.29 is 4.79 Å². The maximum absolute atomic E-state index is 12.4. The summed E-state index contributed by atoms with van der Waals surface area (Å²) in [7, 11) is 0. The number of carbonyl (C=O) groups is 1. The second kappa shape index (κ2) is 5.14. The van der Waals surface area contributed by atoms with Crippen LogP contribution in [0.25, 0.3) is 4.96 Å². The number of anilines is 1. The third-order valence-electron chi connectivity index (χ3n) is 3.10. The van der Waals surface area contributed by atoms with Crippen LogP contribution in [0.15, 0.2) is 41.3 Å². The number of hydrogen-bond donors (Lipinski definition) is 1. The number of rotatable bonds is 2. The first-order valence-corrected chi connectivity index (χ1v) is 7.23. The summed E-state index contributed by atoms with van der Waals surface area (Å²) in [5, 5.41) is 2.67. The van der Waals surface area contributed by atoms with Crippen molar-refractivity contribution in [2.45, 2.75) is 13.8 Å². The van der Waals surface area contributed by atoms with E-state index >= 15 is 0 Å². The molecule has 2 heterocycles. The van der Waals surface area contributed by atoms with Crippen molar-refractivity contribution in [3.63, 3.8) is 0 Å². The molecule has 0 bridgehead atoms. The zero-order valence-electron chi connectivity index (χ0n) is 11.6. The Hall–Kier alpha value is -2.47. The number of hydrogen-bond acceptors (Lipinski definition) is 4. The molecule has 0 saturated carbocycles. The average Bonchev–Trinajstić information content (AvgIpc) is 2.85. The molecule has 5 nitrogen and oxygen atoms in total. The number of aryl methyl sites for hydroxylation is 2. The molecule has 0 aliphatic heterocycles. The summed E-state index contributed by atoms with van der Waals surface area (Å²) in [6, 6.07) is 8.78. The van der Waals surface area contributed by atoms with Crippen LogP contribution < -0.4 is 10.9 Å². The number of benzene rings is 1. The van der Waals surface area contributed by atoms with Gasteiger partial charge in [0.1, 0.15) is 5.69 Å². The van der Waals surface area contributed by atoms with Crippen LogP contribution >= 0.6 is 11.3 Å². The molecule has 1 amide bonds. The van der Waals surface area contributed by atoms with E-state index in [1.165, 1.54) is 15.7 Å². The maximum Gasteiger partial charge on any atom is 0.282 e. The lowest BCUT2D eigenvalue weighted by atomic mass is 10.2. The first-order valence-electron chi connectivity index (χ1n) is 6.42. The molecular formula is C15H13N3O2S. The summed E-state index contributed by atoms with van der Waals surface area (Å²) in [4.78, 5) is 30.6. The van der Waals surface area contributed by atoms with Crippen molar-refractivity contribution >= 4 is 27.9 Å². The Balaban J connectivity index is 2.05. The highest BCUT2D eigenvalue weighted by molar-refractivity contribution is 7.16. The van der Waals surface area contributed by atoms with Crippen LogP contribution in [0.2, 0.25) is 0 Å². The Morgan fingerprint density at radius 2 is 1.95 bits per heavy atom. The van der Waals surface area contributed by atoms with E-state index in [0.29, 0.717) is 16.2 Å². The summed E-state index contributed by atoms with van der Waals surface area (Å²) in [6.07, 6.45) is 1.73. The van der Waals surface area contributed by atoms with Gasteiger partial charge >= 0.3 is 0 Å². The number of nitrogens with one attached hydrogen (secondary N) is 1. The SMILES string of the molecule is Cc1cn2c(=O)c(NC(=O)c3ccccc3)c(C)nc2s1. The largest absolute Gasteiger partial charge is 0.316 e. The van der Waals surface area contributed by atoms with E-state index in [1.807, 2.05) is 13.0 Å². The Morgan fingerprint density at radius 1 is 1.24 bits per heavy atom. The van der Waals surface area contributed by atoms with Gasteiger partial charge in [-0.05, 0) is 26.0 Å². The number of aromatic nitrogens is 2. The van der Waals surface area contributed by atoms with Gasteiger partial charge in [-0.1, -0.05) is 18.2 Å². The number of carbonyl (C=O) groups excluding carboxylic acids is 1. The number of thiazole rings is 1. The normalized spacial score (nSPS) is 10.8. The lowest BCUT2D eigenvalue weighted by Crippen LogP contribution is -2.24. The van der Waals surface area contributed by atoms with Crippen LogP contribution in [0.5, 0.6) is 0 Å². The minimum atomic E-state index is -0.315. The third kappa shape index (κ3) is 2.45. The minimum absolute atomic E-state index is 0.221. The van der Waals surface area contributed by atoms with E-state index < -0.39 is 0 Å². The summed E-state index contributed by atoms with van der Waals surface area (Å²) >= 11 is 1.44.